The Labute approximate surface area is 201 Å². The first-order valence-corrected chi connectivity index (χ1v) is 11.0. The number of nitrogens with one attached hydrogen (secondary N) is 1. The molecule has 0 spiro atoms. The van der Waals surface area contributed by atoms with Crippen LogP contribution in [0.2, 0.25) is 0 Å². The molecule has 0 atom stereocenters. The Hall–Kier alpha value is -4.22. The standard InChI is InChI=1S/C24H27N7O4/c1-34-10-11-35-23-29-20(26)19-21(30-23)31(24(33)28-19)14-17-6-8-18(9-7-17)22(32)27-13-16-4-2-15(12-25)3-5-16/h2-9H,10-14,25H2,1H3,(H,27,32)(H,28,33)(H2,26,29,30). The van der Waals surface area contributed by atoms with E-state index in [0.29, 0.717) is 30.9 Å². The van der Waals surface area contributed by atoms with Crippen molar-refractivity contribution in [1.29, 1.82) is 0 Å². The van der Waals surface area contributed by atoms with E-state index in [4.69, 9.17) is 20.9 Å². The average Bonchev–Trinajstić information content (AvgIpc) is 3.19. The van der Waals surface area contributed by atoms with Crippen molar-refractivity contribution in [2.45, 2.75) is 19.6 Å². The largest absolute Gasteiger partial charge is 0.480 e. The molecule has 35 heavy (non-hydrogen) atoms. The van der Waals surface area contributed by atoms with Crippen molar-refractivity contribution in [2.75, 3.05) is 26.1 Å². The molecule has 0 aliphatic carbocycles. The molecule has 2 aromatic heterocycles. The maximum Gasteiger partial charge on any atom is 0.320 e. The smallest absolute Gasteiger partial charge is 0.320 e. The van der Waals surface area contributed by atoms with Gasteiger partial charge in [-0.25, -0.2) is 0 Å². The summed E-state index contributed by atoms with van der Waals surface area (Å²) in [6.07, 6.45) is 0. The Morgan fingerprint density at radius 3 is 2.37 bits per heavy atom. The van der Waals surface area contributed by atoms with Crippen LogP contribution in [0.1, 0.15) is 27.0 Å². The van der Waals surface area contributed by atoms with Crippen molar-refractivity contribution in [3.8, 4) is 12.0 Å². The third-order valence-corrected chi connectivity index (χ3v) is 5.37. The highest BCUT2D eigenvalue weighted by molar-refractivity contribution is 5.94. The molecule has 4 rings (SSSR count). The molecule has 11 heteroatoms. The zero-order valence-corrected chi connectivity index (χ0v) is 19.3. The van der Waals surface area contributed by atoms with Crippen LogP contribution in [0.4, 0.5) is 5.82 Å². The third-order valence-electron chi connectivity index (χ3n) is 5.37. The fraction of sp³-hybridized carbons (Fsp3) is 0.250. The van der Waals surface area contributed by atoms with Crippen LogP contribution >= 0.6 is 0 Å². The number of anilines is 1. The van der Waals surface area contributed by atoms with Crippen molar-refractivity contribution in [2.24, 2.45) is 5.73 Å². The van der Waals surface area contributed by atoms with Gasteiger partial charge in [-0.1, -0.05) is 36.4 Å². The van der Waals surface area contributed by atoms with E-state index in [1.54, 1.807) is 31.4 Å². The molecular weight excluding hydrogens is 450 g/mol. The summed E-state index contributed by atoms with van der Waals surface area (Å²) in [7, 11) is 1.56. The molecule has 0 aliphatic heterocycles. The minimum Gasteiger partial charge on any atom is -0.480 e. The van der Waals surface area contributed by atoms with Gasteiger partial charge in [0.25, 0.3) is 11.9 Å². The van der Waals surface area contributed by atoms with Crippen LogP contribution in [-0.2, 0) is 24.4 Å². The number of ether oxygens (including phenoxy) is 2. The molecule has 182 valence electrons. The second-order valence-corrected chi connectivity index (χ2v) is 7.80. The van der Waals surface area contributed by atoms with Gasteiger partial charge in [0.15, 0.2) is 17.0 Å². The summed E-state index contributed by atoms with van der Waals surface area (Å²) in [6, 6.07) is 14.6. The van der Waals surface area contributed by atoms with Crippen LogP contribution in [0, 0.1) is 0 Å². The van der Waals surface area contributed by atoms with Gasteiger partial charge in [0.1, 0.15) is 6.61 Å². The van der Waals surface area contributed by atoms with Gasteiger partial charge in [-0.05, 0) is 28.8 Å². The highest BCUT2D eigenvalue weighted by Crippen LogP contribution is 2.25. The lowest BCUT2D eigenvalue weighted by Crippen LogP contribution is -2.22. The van der Waals surface area contributed by atoms with Gasteiger partial charge < -0.3 is 31.4 Å². The molecule has 2 aromatic carbocycles. The number of nitrogens with zero attached hydrogens (tertiary/aromatic N) is 4. The SMILES string of the molecule is COCCOc1nc(N)c2nc(O)n(Cc3ccc(C(=O)NCc4ccc(CN)cc4)cc3)c2n1. The summed E-state index contributed by atoms with van der Waals surface area (Å²) in [6.45, 7) is 1.77. The first-order valence-electron chi connectivity index (χ1n) is 11.0. The van der Waals surface area contributed by atoms with E-state index in [1.807, 2.05) is 24.3 Å². The van der Waals surface area contributed by atoms with Crippen LogP contribution in [0.5, 0.6) is 12.0 Å². The average molecular weight is 478 g/mol. The molecule has 0 radical (unpaired) electrons. The van der Waals surface area contributed by atoms with Gasteiger partial charge in [0.05, 0.1) is 13.2 Å². The Bertz CT molecular complexity index is 1300. The van der Waals surface area contributed by atoms with Crippen molar-refractivity contribution in [3.05, 3.63) is 70.8 Å². The van der Waals surface area contributed by atoms with Crippen LogP contribution in [0.15, 0.2) is 48.5 Å². The number of amides is 1. The monoisotopic (exact) mass is 477 g/mol. The van der Waals surface area contributed by atoms with Crippen molar-refractivity contribution >= 4 is 22.9 Å². The van der Waals surface area contributed by atoms with Crippen LogP contribution in [-0.4, -0.2) is 50.9 Å². The summed E-state index contributed by atoms with van der Waals surface area (Å²) in [4.78, 5) is 25.0. The summed E-state index contributed by atoms with van der Waals surface area (Å²) in [5, 5.41) is 13.3. The van der Waals surface area contributed by atoms with Crippen LogP contribution in [0.3, 0.4) is 0 Å². The van der Waals surface area contributed by atoms with E-state index in [0.717, 1.165) is 16.7 Å². The maximum absolute atomic E-state index is 12.5. The molecule has 0 aliphatic rings. The first-order chi connectivity index (χ1) is 17.0. The van der Waals surface area contributed by atoms with Gasteiger partial charge in [-0.3, -0.25) is 9.36 Å². The molecule has 4 aromatic rings. The zero-order valence-electron chi connectivity index (χ0n) is 19.3. The quantitative estimate of drug-likeness (QED) is 0.248. The van der Waals surface area contributed by atoms with E-state index in [2.05, 4.69) is 20.3 Å². The Kier molecular flexibility index (Phi) is 7.38. The number of fused-ring (bicyclic) bond motifs is 1. The Balaban J connectivity index is 1.45. The van der Waals surface area contributed by atoms with E-state index in [1.165, 1.54) is 4.57 Å². The van der Waals surface area contributed by atoms with Crippen LogP contribution in [0.25, 0.3) is 11.2 Å². The number of carbonyl (C=O) groups is 1. The second kappa shape index (κ2) is 10.8. The number of aromatic nitrogens is 4. The number of methoxy groups -OCH3 is 1. The molecule has 0 fully saturated rings. The Morgan fingerprint density at radius 1 is 1.00 bits per heavy atom. The van der Waals surface area contributed by atoms with Crippen molar-refractivity contribution < 1.29 is 19.4 Å². The number of benzene rings is 2. The summed E-state index contributed by atoms with van der Waals surface area (Å²) < 4.78 is 11.9. The minimum atomic E-state index is -0.252. The number of hydrogen-bond donors (Lipinski definition) is 4. The first kappa shape index (κ1) is 23.9. The number of nitrogen functional groups attached to an aromatic ring is 1. The predicted molar refractivity (Wildman–Crippen MR) is 130 cm³/mol. The lowest BCUT2D eigenvalue weighted by molar-refractivity contribution is 0.0951. The fourth-order valence-electron chi connectivity index (χ4n) is 3.44. The van der Waals surface area contributed by atoms with E-state index < -0.39 is 0 Å². The van der Waals surface area contributed by atoms with Gasteiger partial charge in [-0.15, -0.1) is 0 Å². The number of aromatic hydroxyl groups is 1. The van der Waals surface area contributed by atoms with Gasteiger partial charge in [0, 0.05) is 25.8 Å². The molecule has 1 amide bonds. The molecule has 6 N–H and O–H groups in total. The van der Waals surface area contributed by atoms with Crippen molar-refractivity contribution in [3.63, 3.8) is 0 Å². The zero-order chi connectivity index (χ0) is 24.8. The van der Waals surface area contributed by atoms with Gasteiger partial charge in [0.2, 0.25) is 0 Å². The minimum absolute atomic E-state index is 0.0675. The second-order valence-electron chi connectivity index (χ2n) is 7.80. The highest BCUT2D eigenvalue weighted by Gasteiger charge is 2.17. The van der Waals surface area contributed by atoms with Crippen LogP contribution < -0.4 is 21.5 Å². The molecule has 2 heterocycles. The number of nitrogens with two attached hydrogens (primary N) is 2. The van der Waals surface area contributed by atoms with Gasteiger partial charge in [-0.2, -0.15) is 15.0 Å². The van der Waals surface area contributed by atoms with Gasteiger partial charge >= 0.3 is 6.01 Å². The number of carbonyl (C=O) groups excluding carboxylic acids is 1. The third kappa shape index (κ3) is 5.65. The number of hydrogen-bond acceptors (Lipinski definition) is 9. The summed E-state index contributed by atoms with van der Waals surface area (Å²) in [5.74, 6) is -0.0881. The molecular formula is C24H27N7O4. The number of imidazole rings is 1. The maximum atomic E-state index is 12.5. The fourth-order valence-corrected chi connectivity index (χ4v) is 3.44. The highest BCUT2D eigenvalue weighted by atomic mass is 16.5. The topological polar surface area (TPSA) is 163 Å². The summed E-state index contributed by atoms with van der Waals surface area (Å²) in [5.41, 5.74) is 15.6. The summed E-state index contributed by atoms with van der Waals surface area (Å²) >= 11 is 0. The molecule has 0 bridgehead atoms. The normalized spacial score (nSPS) is 11.0. The van der Waals surface area contributed by atoms with E-state index in [9.17, 15) is 9.90 Å². The number of rotatable bonds is 10. The van der Waals surface area contributed by atoms with E-state index in [-0.39, 0.29) is 42.4 Å². The van der Waals surface area contributed by atoms with E-state index >= 15 is 0 Å². The predicted octanol–water partition coefficient (Wildman–Crippen LogP) is 1.58. The Morgan fingerprint density at radius 2 is 1.69 bits per heavy atom. The molecule has 0 saturated carbocycles. The lowest BCUT2D eigenvalue weighted by Gasteiger charge is -2.09. The molecule has 0 saturated heterocycles. The molecule has 0 unspecified atom stereocenters. The van der Waals surface area contributed by atoms with Crippen molar-refractivity contribution in [1.82, 2.24) is 24.8 Å². The lowest BCUT2D eigenvalue weighted by atomic mass is 10.1. The molecule has 11 nitrogen and oxygen atoms in total.